The van der Waals surface area contributed by atoms with Crippen molar-refractivity contribution in [3.8, 4) is 6.07 Å². The highest BCUT2D eigenvalue weighted by Gasteiger charge is 2.60. The Labute approximate surface area is 182 Å². The van der Waals surface area contributed by atoms with E-state index in [-0.39, 0.29) is 17.0 Å². The number of hydrogen-bond donors (Lipinski definition) is 1. The zero-order valence-electron chi connectivity index (χ0n) is 17.9. The zero-order valence-corrected chi connectivity index (χ0v) is 17.9. The lowest BCUT2D eigenvalue weighted by molar-refractivity contribution is -0.116. The molecule has 0 aromatic heterocycles. The molecule has 4 nitrogen and oxygen atoms in total. The Balaban J connectivity index is 1.57. The van der Waals surface area contributed by atoms with Gasteiger partial charge in [-0.05, 0) is 91.2 Å². The van der Waals surface area contributed by atoms with Crippen molar-refractivity contribution in [3.63, 3.8) is 0 Å². The molecule has 1 amide bonds. The van der Waals surface area contributed by atoms with E-state index >= 15 is 0 Å². The Morgan fingerprint density at radius 1 is 1.19 bits per heavy atom. The zero-order chi connectivity index (χ0) is 21.5. The normalized spacial score (nSPS) is 32.7. The van der Waals surface area contributed by atoms with Gasteiger partial charge in [-0.15, -0.1) is 0 Å². The van der Waals surface area contributed by atoms with Crippen molar-refractivity contribution in [3.05, 3.63) is 58.4 Å². The van der Waals surface area contributed by atoms with Crippen LogP contribution in [-0.2, 0) is 16.8 Å². The molecule has 2 heterocycles. The molecule has 158 valence electrons. The maximum Gasteiger partial charge on any atom is 0.224 e. The first-order chi connectivity index (χ1) is 14.9. The van der Waals surface area contributed by atoms with Crippen LogP contribution in [0.15, 0.2) is 30.3 Å². The van der Waals surface area contributed by atoms with Crippen molar-refractivity contribution < 1.29 is 9.18 Å². The molecule has 2 bridgehead atoms. The van der Waals surface area contributed by atoms with Gasteiger partial charge >= 0.3 is 0 Å². The molecule has 2 aromatic rings. The van der Waals surface area contributed by atoms with Crippen molar-refractivity contribution >= 4 is 17.3 Å². The Kier molecular flexibility index (Phi) is 3.85. The fourth-order valence-electron chi connectivity index (χ4n) is 7.33. The molecule has 2 saturated carbocycles. The number of carbonyl (C=O) groups excluding carboxylic acids is 1. The minimum atomic E-state index is -0.463. The highest BCUT2D eigenvalue weighted by atomic mass is 19.1. The minimum absolute atomic E-state index is 0.0728. The Hall–Kier alpha value is -2.87. The molecule has 0 saturated heterocycles. The Morgan fingerprint density at radius 2 is 2.00 bits per heavy atom. The number of anilines is 2. The van der Waals surface area contributed by atoms with Gasteiger partial charge < -0.3 is 10.2 Å². The highest BCUT2D eigenvalue weighted by Crippen LogP contribution is 2.67. The average Bonchev–Trinajstić information content (AvgIpc) is 3.39. The summed E-state index contributed by atoms with van der Waals surface area (Å²) in [5.41, 5.74) is 5.49. The van der Waals surface area contributed by atoms with Crippen LogP contribution in [0.5, 0.6) is 0 Å². The van der Waals surface area contributed by atoms with Crippen molar-refractivity contribution in [2.45, 2.75) is 50.5 Å². The van der Waals surface area contributed by atoms with E-state index in [1.807, 2.05) is 12.1 Å². The summed E-state index contributed by atoms with van der Waals surface area (Å²) in [6, 6.07) is 11.6. The molecule has 6 rings (SSSR count). The van der Waals surface area contributed by atoms with Crippen LogP contribution in [0, 0.1) is 34.9 Å². The number of fused-ring (bicyclic) bond motifs is 8. The maximum absolute atomic E-state index is 14.2. The molecule has 0 spiro atoms. The predicted octanol–water partition coefficient (Wildman–Crippen LogP) is 5.08. The smallest absolute Gasteiger partial charge is 0.224 e. The van der Waals surface area contributed by atoms with Crippen molar-refractivity contribution in [1.82, 2.24) is 0 Å². The Bertz CT molecular complexity index is 1170. The number of carbonyl (C=O) groups is 1. The number of hydrogen-bond acceptors (Lipinski definition) is 3. The first-order valence-electron chi connectivity index (χ1n) is 11.3. The number of aryl methyl sites for hydroxylation is 1. The second-order valence-electron chi connectivity index (χ2n) is 10.0. The molecule has 0 radical (unpaired) electrons. The molecule has 2 unspecified atom stereocenters. The highest BCUT2D eigenvalue weighted by molar-refractivity contribution is 5.95. The van der Waals surface area contributed by atoms with Crippen LogP contribution in [0.1, 0.15) is 60.8 Å². The Morgan fingerprint density at radius 3 is 2.81 bits per heavy atom. The average molecular weight is 416 g/mol. The van der Waals surface area contributed by atoms with E-state index in [1.54, 1.807) is 6.07 Å². The third-order valence-corrected chi connectivity index (χ3v) is 8.80. The van der Waals surface area contributed by atoms with Gasteiger partial charge in [0.15, 0.2) is 0 Å². The summed E-state index contributed by atoms with van der Waals surface area (Å²) in [5, 5.41) is 12.5. The summed E-state index contributed by atoms with van der Waals surface area (Å²) in [7, 11) is 2.12. The van der Waals surface area contributed by atoms with Gasteiger partial charge in [0.1, 0.15) is 11.9 Å². The SMILES string of the molecule is CN1c2cc3c(cc2[C@H]2C4CCC(C4)[C@H]2[C@]1(C)c1ccc(F)c(C#N)c1)CCC(=O)N3. The summed E-state index contributed by atoms with van der Waals surface area (Å²) >= 11 is 0. The van der Waals surface area contributed by atoms with E-state index in [4.69, 9.17) is 0 Å². The van der Waals surface area contributed by atoms with E-state index in [0.717, 1.165) is 23.4 Å². The molecule has 2 aromatic carbocycles. The fourth-order valence-corrected chi connectivity index (χ4v) is 7.33. The fraction of sp³-hybridized carbons (Fsp3) is 0.462. The molecule has 2 fully saturated rings. The first kappa shape index (κ1) is 18.9. The van der Waals surface area contributed by atoms with Gasteiger partial charge in [0.05, 0.1) is 11.1 Å². The van der Waals surface area contributed by atoms with Crippen LogP contribution >= 0.6 is 0 Å². The van der Waals surface area contributed by atoms with E-state index in [1.165, 1.54) is 36.5 Å². The number of nitrogens with one attached hydrogen (secondary N) is 1. The largest absolute Gasteiger partial charge is 0.365 e. The molecular formula is C26H26FN3O. The molecule has 5 heteroatoms. The molecule has 4 aliphatic rings. The number of nitriles is 1. The third-order valence-electron chi connectivity index (χ3n) is 8.80. The van der Waals surface area contributed by atoms with Gasteiger partial charge in [0.2, 0.25) is 5.91 Å². The van der Waals surface area contributed by atoms with Crippen molar-refractivity contribution in [2.24, 2.45) is 17.8 Å². The number of halogens is 1. The number of nitrogens with zero attached hydrogens (tertiary/aromatic N) is 2. The molecule has 2 aliphatic heterocycles. The summed E-state index contributed by atoms with van der Waals surface area (Å²) in [5.74, 6) is 1.82. The molecular weight excluding hydrogens is 389 g/mol. The topological polar surface area (TPSA) is 56.1 Å². The van der Waals surface area contributed by atoms with Gasteiger partial charge in [0.25, 0.3) is 0 Å². The number of rotatable bonds is 1. The van der Waals surface area contributed by atoms with Gasteiger partial charge in [-0.25, -0.2) is 4.39 Å². The lowest BCUT2D eigenvalue weighted by Gasteiger charge is -2.56. The molecule has 31 heavy (non-hydrogen) atoms. The first-order valence-corrected chi connectivity index (χ1v) is 11.3. The van der Waals surface area contributed by atoms with E-state index in [0.29, 0.717) is 30.1 Å². The summed E-state index contributed by atoms with van der Waals surface area (Å²) in [4.78, 5) is 14.4. The second kappa shape index (κ2) is 6.32. The predicted molar refractivity (Wildman–Crippen MR) is 117 cm³/mol. The lowest BCUT2D eigenvalue weighted by atomic mass is 9.61. The number of benzene rings is 2. The monoisotopic (exact) mass is 415 g/mol. The van der Waals surface area contributed by atoms with Crippen LogP contribution < -0.4 is 10.2 Å². The van der Waals surface area contributed by atoms with E-state index < -0.39 is 5.82 Å². The van der Waals surface area contributed by atoms with Gasteiger partial charge in [-0.2, -0.15) is 5.26 Å². The summed E-state index contributed by atoms with van der Waals surface area (Å²) in [6.07, 6.45) is 5.11. The van der Waals surface area contributed by atoms with E-state index in [2.05, 4.69) is 36.3 Å². The van der Waals surface area contributed by atoms with Crippen molar-refractivity contribution in [2.75, 3.05) is 17.3 Å². The van der Waals surface area contributed by atoms with Crippen LogP contribution in [0.4, 0.5) is 15.8 Å². The quantitative estimate of drug-likeness (QED) is 0.707. The van der Waals surface area contributed by atoms with Gasteiger partial charge in [-0.1, -0.05) is 12.1 Å². The van der Waals surface area contributed by atoms with Gasteiger partial charge in [-0.3, -0.25) is 4.79 Å². The van der Waals surface area contributed by atoms with Gasteiger partial charge in [0, 0.05) is 24.8 Å². The van der Waals surface area contributed by atoms with Crippen molar-refractivity contribution in [1.29, 1.82) is 5.26 Å². The standard InChI is InChI=1S/C26H26FN3O/c1-26(18-6-7-20(27)17(10-18)13-28)25-16-4-3-15(9-16)24(25)19-11-14-5-8-23(31)29-21(14)12-22(19)30(26)2/h6-7,10-12,15-16,24-25H,3-5,8-9H2,1-2H3,(H,29,31)/t15?,16?,24-,25-,26+/m1/s1. The van der Waals surface area contributed by atoms with Crippen LogP contribution in [-0.4, -0.2) is 13.0 Å². The second-order valence-corrected chi connectivity index (χ2v) is 10.0. The lowest BCUT2D eigenvalue weighted by Crippen LogP contribution is -2.54. The summed E-state index contributed by atoms with van der Waals surface area (Å²) in [6.45, 7) is 2.26. The third kappa shape index (κ3) is 2.42. The number of amides is 1. The maximum atomic E-state index is 14.2. The molecule has 2 aliphatic carbocycles. The molecule has 1 N–H and O–H groups in total. The van der Waals surface area contributed by atoms with Crippen LogP contribution in [0.25, 0.3) is 0 Å². The van der Waals surface area contributed by atoms with E-state index in [9.17, 15) is 14.4 Å². The summed E-state index contributed by atoms with van der Waals surface area (Å²) < 4.78 is 14.2. The van der Waals surface area contributed by atoms with Crippen LogP contribution in [0.2, 0.25) is 0 Å². The minimum Gasteiger partial charge on any atom is -0.365 e. The van der Waals surface area contributed by atoms with Crippen LogP contribution in [0.3, 0.4) is 0 Å². The molecule has 5 atom stereocenters.